The molecule has 0 saturated carbocycles. The molecule has 3 aliphatic heterocycles. The molecule has 7 heteroatoms. The first kappa shape index (κ1) is 7.49. The Bertz CT molecular complexity index is 373. The molecule has 0 aromatic heterocycles. The summed E-state index contributed by atoms with van der Waals surface area (Å²) in [4.78, 5) is 0. The zero-order valence-corrected chi connectivity index (χ0v) is 7.26. The van der Waals surface area contributed by atoms with Crippen molar-refractivity contribution in [1.82, 2.24) is 5.34 Å². The Balaban J connectivity index is 1.93. The lowest BCUT2D eigenvalue weighted by Gasteiger charge is -2.21. The fourth-order valence-electron chi connectivity index (χ4n) is 1.09. The zero-order chi connectivity index (χ0) is 8.89. The van der Waals surface area contributed by atoms with Crippen molar-refractivity contribution in [3.8, 4) is 0 Å². The van der Waals surface area contributed by atoms with Crippen LogP contribution in [0.5, 0.6) is 0 Å². The Morgan fingerprint density at radius 3 is 2.31 bits per heavy atom. The van der Waals surface area contributed by atoms with Crippen LogP contribution in [-0.4, -0.2) is 5.34 Å². The maximum Gasteiger partial charge on any atom is 0.538 e. The van der Waals surface area contributed by atoms with Gasteiger partial charge in [-0.3, -0.25) is 0 Å². The molecule has 0 amide bonds. The number of para-hydroxylation sites is 1. The van der Waals surface area contributed by atoms with Gasteiger partial charge in [0.2, 0.25) is 0 Å². The van der Waals surface area contributed by atoms with Crippen LogP contribution in [0.3, 0.4) is 0 Å². The Hall–Kier alpha value is -0.910. The minimum atomic E-state index is -3.27. The van der Waals surface area contributed by atoms with Crippen LogP contribution < -0.4 is 5.17 Å². The highest BCUT2D eigenvalue weighted by atomic mass is 31.2. The van der Waals surface area contributed by atoms with E-state index in [9.17, 15) is 4.57 Å². The van der Waals surface area contributed by atoms with Gasteiger partial charge in [0.15, 0.2) is 0 Å². The van der Waals surface area contributed by atoms with Gasteiger partial charge in [-0.15, -0.1) is 19.0 Å². The van der Waals surface area contributed by atoms with Gasteiger partial charge in [0, 0.05) is 0 Å². The van der Waals surface area contributed by atoms with E-state index in [1.54, 1.807) is 12.1 Å². The third kappa shape index (κ3) is 1.01. The smallest absolute Gasteiger partial charge is 0.222 e. The molecule has 0 atom stereocenters. The summed E-state index contributed by atoms with van der Waals surface area (Å²) in [6.07, 6.45) is 0. The molecule has 0 spiro atoms. The van der Waals surface area contributed by atoms with Gasteiger partial charge in [-0.1, -0.05) is 18.2 Å². The Morgan fingerprint density at radius 2 is 1.77 bits per heavy atom. The van der Waals surface area contributed by atoms with Gasteiger partial charge in [-0.05, 0) is 12.1 Å². The number of fused-ring (bicyclic) bond motifs is 1. The molecule has 1 aromatic rings. The first-order valence-electron chi connectivity index (χ1n) is 3.61. The van der Waals surface area contributed by atoms with Gasteiger partial charge in [0.05, 0.1) is 11.0 Å². The highest BCUT2D eigenvalue weighted by Gasteiger charge is 2.60. The van der Waals surface area contributed by atoms with Crippen LogP contribution in [0.1, 0.15) is 0 Å². The van der Waals surface area contributed by atoms with Gasteiger partial charge in [0.1, 0.15) is 0 Å². The molecule has 0 radical (unpaired) electrons. The number of anilines is 1. The summed E-state index contributed by atoms with van der Waals surface area (Å²) in [6, 6.07) is 9.07. The van der Waals surface area contributed by atoms with Gasteiger partial charge in [-0.2, -0.15) is 0 Å². The summed E-state index contributed by atoms with van der Waals surface area (Å²) in [5, 5.41) is 2.14. The zero-order valence-electron chi connectivity index (χ0n) is 6.36. The van der Waals surface area contributed by atoms with Crippen molar-refractivity contribution in [2.24, 2.45) is 0 Å². The minimum Gasteiger partial charge on any atom is -0.222 e. The molecule has 3 heterocycles. The topological polar surface area (TPSA) is 51.2 Å². The summed E-state index contributed by atoms with van der Waals surface area (Å²) in [5.41, 5.74) is 0.692. The van der Waals surface area contributed by atoms with E-state index >= 15 is 0 Å². The highest BCUT2D eigenvalue weighted by molar-refractivity contribution is 7.49. The van der Waals surface area contributed by atoms with E-state index in [2.05, 4.69) is 9.25 Å². The van der Waals surface area contributed by atoms with E-state index in [0.29, 0.717) is 5.69 Å². The van der Waals surface area contributed by atoms with Crippen LogP contribution in [0, 0.1) is 0 Å². The second kappa shape index (κ2) is 2.31. The second-order valence-corrected chi connectivity index (χ2v) is 3.92. The van der Waals surface area contributed by atoms with Crippen molar-refractivity contribution in [3.63, 3.8) is 0 Å². The van der Waals surface area contributed by atoms with Crippen molar-refractivity contribution in [2.45, 2.75) is 0 Å². The van der Waals surface area contributed by atoms with Gasteiger partial charge >= 0.3 is 7.82 Å². The lowest BCUT2D eigenvalue weighted by molar-refractivity contribution is -0.318. The number of phosphoric acid groups is 1. The average Bonchev–Trinajstić information content (AvgIpc) is 2.59. The molecule has 0 unspecified atom stereocenters. The lowest BCUT2D eigenvalue weighted by atomic mass is 10.3. The summed E-state index contributed by atoms with van der Waals surface area (Å²) in [5.74, 6) is 0. The van der Waals surface area contributed by atoms with Crippen LogP contribution in [0.25, 0.3) is 0 Å². The van der Waals surface area contributed by atoms with Crippen LogP contribution in [0.4, 0.5) is 5.69 Å². The van der Waals surface area contributed by atoms with E-state index in [1.807, 2.05) is 18.2 Å². The van der Waals surface area contributed by atoms with Gasteiger partial charge in [-0.25, -0.2) is 4.57 Å². The molecule has 6 nitrogen and oxygen atoms in total. The van der Waals surface area contributed by atoms with E-state index in [4.69, 9.17) is 4.62 Å². The number of hydrogen-bond donors (Lipinski definition) is 0. The van der Waals surface area contributed by atoms with Crippen molar-refractivity contribution in [3.05, 3.63) is 30.3 Å². The van der Waals surface area contributed by atoms with Crippen LogP contribution in [0.15, 0.2) is 30.3 Å². The van der Waals surface area contributed by atoms with Crippen LogP contribution in [-0.2, 0) is 18.4 Å². The summed E-state index contributed by atoms with van der Waals surface area (Å²) in [7, 11) is -3.27. The molecule has 3 aliphatic rings. The van der Waals surface area contributed by atoms with Crippen LogP contribution in [0.2, 0.25) is 0 Å². The number of hydrogen-bond acceptors (Lipinski definition) is 6. The fraction of sp³-hybridized carbons (Fsp3) is 0. The molecule has 13 heavy (non-hydrogen) atoms. The standard InChI is InChI=1S/C6H5N2O4P/c9-13-10-7(8(11-13)12-13)6-4-2-1-3-5-6/h1-5H. The normalized spacial score (nSPS) is 36.0. The first-order valence-corrected chi connectivity index (χ1v) is 5.07. The monoisotopic (exact) mass is 200 g/mol. The summed E-state index contributed by atoms with van der Waals surface area (Å²) < 4.78 is 25.3. The molecule has 3 saturated heterocycles. The molecular formula is C6H5N2O4P. The largest absolute Gasteiger partial charge is 0.538 e. The number of benzene rings is 1. The number of rotatable bonds is 1. The molecule has 4 rings (SSSR count). The van der Waals surface area contributed by atoms with Crippen molar-refractivity contribution >= 4 is 13.5 Å². The average molecular weight is 200 g/mol. The Kier molecular flexibility index (Phi) is 1.33. The van der Waals surface area contributed by atoms with Crippen molar-refractivity contribution < 1.29 is 18.4 Å². The first-order chi connectivity index (χ1) is 6.27. The van der Waals surface area contributed by atoms with Crippen molar-refractivity contribution in [1.29, 1.82) is 0 Å². The molecule has 2 bridgehead atoms. The third-order valence-electron chi connectivity index (χ3n) is 1.64. The Labute approximate surface area is 73.7 Å². The van der Waals surface area contributed by atoms with E-state index in [1.165, 1.54) is 5.17 Å². The molecular weight excluding hydrogens is 195 g/mol. The van der Waals surface area contributed by atoms with Gasteiger partial charge in [0.25, 0.3) is 0 Å². The molecule has 68 valence electrons. The third-order valence-corrected chi connectivity index (χ3v) is 2.68. The molecule has 0 aliphatic carbocycles. The van der Waals surface area contributed by atoms with Gasteiger partial charge < -0.3 is 0 Å². The predicted molar refractivity (Wildman–Crippen MR) is 41.6 cm³/mol. The maximum absolute atomic E-state index is 11.1. The van der Waals surface area contributed by atoms with Crippen molar-refractivity contribution in [2.75, 3.05) is 5.17 Å². The fourth-order valence-corrected chi connectivity index (χ4v) is 1.98. The molecule has 3 fully saturated rings. The van der Waals surface area contributed by atoms with E-state index in [0.717, 1.165) is 5.34 Å². The van der Waals surface area contributed by atoms with Crippen LogP contribution >= 0.6 is 7.82 Å². The maximum atomic E-state index is 11.1. The lowest BCUT2D eigenvalue weighted by Crippen LogP contribution is -2.34. The predicted octanol–water partition coefficient (Wildman–Crippen LogP) is 1.64. The number of nitrogens with zero attached hydrogens (tertiary/aromatic N) is 2. The van der Waals surface area contributed by atoms with E-state index < -0.39 is 7.82 Å². The minimum absolute atomic E-state index is 0.692. The second-order valence-electron chi connectivity index (χ2n) is 2.54. The number of hydrazine groups is 1. The summed E-state index contributed by atoms with van der Waals surface area (Å²) in [6.45, 7) is 0. The SMILES string of the molecule is O=P12ON(O1)N(c1ccccc1)O2. The molecule has 1 aromatic carbocycles. The highest BCUT2D eigenvalue weighted by Crippen LogP contribution is 2.67. The molecule has 0 N–H and O–H groups in total. The summed E-state index contributed by atoms with van der Waals surface area (Å²) >= 11 is 0. The Morgan fingerprint density at radius 1 is 1.08 bits per heavy atom. The van der Waals surface area contributed by atoms with E-state index in [-0.39, 0.29) is 0 Å². The quantitative estimate of drug-likeness (QED) is 0.642.